The number of sulfonamides is 1. The van der Waals surface area contributed by atoms with Crippen LogP contribution in [0.25, 0.3) is 11.0 Å². The predicted molar refractivity (Wildman–Crippen MR) is 130 cm³/mol. The largest absolute Gasteiger partial charge is 0.425 e. The van der Waals surface area contributed by atoms with Crippen LogP contribution in [0.4, 0.5) is 0 Å². The van der Waals surface area contributed by atoms with Gasteiger partial charge in [-0.2, -0.15) is 4.72 Å². The Labute approximate surface area is 199 Å². The molecule has 1 atom stereocenters. The van der Waals surface area contributed by atoms with Crippen molar-refractivity contribution in [3.8, 4) is 5.75 Å². The van der Waals surface area contributed by atoms with E-state index in [1.807, 2.05) is 27.7 Å². The SMILES string of the molecule is Cc1ccc(S(=O)(=O)N[C@H](CC(C)C)C(=O)Oc2cc(C)cc3oc(=O)c4c(c23)CCC4)cc1. The highest BCUT2D eigenvalue weighted by molar-refractivity contribution is 7.89. The quantitative estimate of drug-likeness (QED) is 0.307. The second kappa shape index (κ2) is 9.35. The molecule has 0 aliphatic heterocycles. The number of hydrogen-bond acceptors (Lipinski definition) is 6. The maximum Gasteiger partial charge on any atom is 0.339 e. The molecule has 1 aromatic heterocycles. The molecule has 0 amide bonds. The zero-order valence-corrected chi connectivity index (χ0v) is 20.6. The summed E-state index contributed by atoms with van der Waals surface area (Å²) >= 11 is 0. The molecule has 1 N–H and O–H groups in total. The van der Waals surface area contributed by atoms with Gasteiger partial charge in [0.15, 0.2) is 0 Å². The Bertz CT molecular complexity index is 1400. The van der Waals surface area contributed by atoms with Crippen molar-refractivity contribution in [3.63, 3.8) is 0 Å². The third-order valence-electron chi connectivity index (χ3n) is 6.01. The van der Waals surface area contributed by atoms with Gasteiger partial charge in [0, 0.05) is 5.56 Å². The van der Waals surface area contributed by atoms with Crippen LogP contribution in [0.15, 0.2) is 50.5 Å². The smallest absolute Gasteiger partial charge is 0.339 e. The van der Waals surface area contributed by atoms with E-state index < -0.39 is 22.0 Å². The minimum absolute atomic E-state index is 0.0368. The van der Waals surface area contributed by atoms with Gasteiger partial charge >= 0.3 is 11.6 Å². The number of hydrogen-bond donors (Lipinski definition) is 1. The topological polar surface area (TPSA) is 103 Å². The molecule has 180 valence electrons. The Hall–Kier alpha value is -2.97. The first-order valence-electron chi connectivity index (χ1n) is 11.4. The zero-order valence-electron chi connectivity index (χ0n) is 19.8. The number of nitrogens with one attached hydrogen (secondary N) is 1. The van der Waals surface area contributed by atoms with Crippen LogP contribution in [0, 0.1) is 19.8 Å². The first kappa shape index (κ1) is 24.2. The van der Waals surface area contributed by atoms with Gasteiger partial charge in [-0.25, -0.2) is 18.0 Å². The van der Waals surface area contributed by atoms with Crippen molar-refractivity contribution in [1.29, 1.82) is 0 Å². The number of ether oxygens (including phenoxy) is 1. The Morgan fingerprint density at radius 3 is 2.41 bits per heavy atom. The van der Waals surface area contributed by atoms with Crippen molar-refractivity contribution in [2.75, 3.05) is 0 Å². The fourth-order valence-corrected chi connectivity index (χ4v) is 5.60. The molecule has 1 aliphatic carbocycles. The van der Waals surface area contributed by atoms with Gasteiger partial charge in [-0.1, -0.05) is 31.5 Å². The number of carbonyl (C=O) groups excluding carboxylic acids is 1. The van der Waals surface area contributed by atoms with Gasteiger partial charge in [0.05, 0.1) is 10.3 Å². The monoisotopic (exact) mass is 483 g/mol. The summed E-state index contributed by atoms with van der Waals surface area (Å²) in [5.41, 5.74) is 3.17. The normalized spacial score (nSPS) is 14.4. The summed E-state index contributed by atoms with van der Waals surface area (Å²) in [6, 6.07) is 8.82. The molecular formula is C26H29NO6S. The summed E-state index contributed by atoms with van der Waals surface area (Å²) < 4.78 is 39.8. The van der Waals surface area contributed by atoms with E-state index in [-0.39, 0.29) is 28.6 Å². The highest BCUT2D eigenvalue weighted by Gasteiger charge is 2.30. The molecule has 0 fully saturated rings. The molecule has 4 rings (SSSR count). The van der Waals surface area contributed by atoms with Crippen molar-refractivity contribution in [2.24, 2.45) is 5.92 Å². The highest BCUT2D eigenvalue weighted by atomic mass is 32.2. The second-order valence-electron chi connectivity index (χ2n) is 9.37. The van der Waals surface area contributed by atoms with Gasteiger partial charge in [-0.15, -0.1) is 0 Å². The number of aryl methyl sites for hydroxylation is 3. The summed E-state index contributed by atoms with van der Waals surface area (Å²) in [7, 11) is -3.94. The van der Waals surface area contributed by atoms with Gasteiger partial charge in [0.2, 0.25) is 10.0 Å². The molecule has 1 aliphatic rings. The molecule has 2 aromatic carbocycles. The molecule has 7 nitrogen and oxygen atoms in total. The number of fused-ring (bicyclic) bond motifs is 3. The Balaban J connectivity index is 1.69. The average Bonchev–Trinajstić information content (AvgIpc) is 3.23. The molecule has 0 unspecified atom stereocenters. The van der Waals surface area contributed by atoms with E-state index in [0.717, 1.165) is 23.1 Å². The van der Waals surface area contributed by atoms with Crippen LogP contribution < -0.4 is 15.1 Å². The van der Waals surface area contributed by atoms with Crippen molar-refractivity contribution in [3.05, 3.63) is 69.1 Å². The Morgan fingerprint density at radius 1 is 1.06 bits per heavy atom. The Kier molecular flexibility index (Phi) is 6.64. The standard InChI is InChI=1S/C26H29NO6S/c1-15(2)12-21(27-34(30,31)18-10-8-16(3)9-11-18)26(29)33-23-14-17(4)13-22-24(23)19-6-5-7-20(19)25(28)32-22/h8-11,13-15,21,27H,5-7,12H2,1-4H3/t21-/m1/s1. The molecule has 8 heteroatoms. The second-order valence-corrected chi connectivity index (χ2v) is 11.1. The lowest BCUT2D eigenvalue weighted by molar-refractivity contribution is -0.136. The lowest BCUT2D eigenvalue weighted by Gasteiger charge is -2.20. The van der Waals surface area contributed by atoms with E-state index in [1.165, 1.54) is 12.1 Å². The van der Waals surface area contributed by atoms with Gasteiger partial charge in [0.1, 0.15) is 17.4 Å². The lowest BCUT2D eigenvalue weighted by atomic mass is 10.0. The fraction of sp³-hybridized carbons (Fsp3) is 0.385. The van der Waals surface area contributed by atoms with Gasteiger partial charge in [0.25, 0.3) is 0 Å². The van der Waals surface area contributed by atoms with E-state index in [1.54, 1.807) is 24.3 Å². The van der Waals surface area contributed by atoms with E-state index in [9.17, 15) is 18.0 Å². The first-order valence-corrected chi connectivity index (χ1v) is 12.9. The Morgan fingerprint density at radius 2 is 1.74 bits per heavy atom. The first-order chi connectivity index (χ1) is 16.0. The van der Waals surface area contributed by atoms with Gasteiger partial charge in [-0.3, -0.25) is 0 Å². The van der Waals surface area contributed by atoms with Crippen LogP contribution in [-0.4, -0.2) is 20.4 Å². The third-order valence-corrected chi connectivity index (χ3v) is 7.50. The maximum atomic E-state index is 13.3. The minimum atomic E-state index is -3.94. The number of rotatable bonds is 7. The number of benzene rings is 2. The summed E-state index contributed by atoms with van der Waals surface area (Å²) in [5.74, 6) is -0.380. The molecule has 34 heavy (non-hydrogen) atoms. The molecule has 0 saturated carbocycles. The van der Waals surface area contributed by atoms with Crippen LogP contribution in [0.2, 0.25) is 0 Å². The van der Waals surface area contributed by atoms with Crippen LogP contribution in [0.1, 0.15) is 48.9 Å². The highest BCUT2D eigenvalue weighted by Crippen LogP contribution is 2.35. The van der Waals surface area contributed by atoms with E-state index in [0.29, 0.717) is 29.4 Å². The molecule has 1 heterocycles. The molecule has 0 radical (unpaired) electrons. The maximum absolute atomic E-state index is 13.3. The zero-order chi connectivity index (χ0) is 24.6. The van der Waals surface area contributed by atoms with Crippen molar-refractivity contribution in [2.45, 2.75) is 64.3 Å². The van der Waals surface area contributed by atoms with E-state index in [2.05, 4.69) is 4.72 Å². The summed E-state index contributed by atoms with van der Waals surface area (Å²) in [5, 5.41) is 0.607. The van der Waals surface area contributed by atoms with Crippen molar-refractivity contribution >= 4 is 27.0 Å². The van der Waals surface area contributed by atoms with Gasteiger partial charge in [-0.05, 0) is 80.8 Å². The summed E-state index contributed by atoms with van der Waals surface area (Å²) in [6.45, 7) is 7.50. The number of carbonyl (C=O) groups is 1. The lowest BCUT2D eigenvalue weighted by Crippen LogP contribution is -2.43. The van der Waals surface area contributed by atoms with Crippen molar-refractivity contribution in [1.82, 2.24) is 4.72 Å². The molecule has 0 spiro atoms. The minimum Gasteiger partial charge on any atom is -0.425 e. The fourth-order valence-electron chi connectivity index (χ4n) is 4.40. The van der Waals surface area contributed by atoms with Crippen LogP contribution in [-0.2, 0) is 27.7 Å². The van der Waals surface area contributed by atoms with Crippen LogP contribution in [0.3, 0.4) is 0 Å². The van der Waals surface area contributed by atoms with Gasteiger partial charge < -0.3 is 9.15 Å². The summed E-state index contributed by atoms with van der Waals surface area (Å²) in [6.07, 6.45) is 2.41. The van der Waals surface area contributed by atoms with E-state index >= 15 is 0 Å². The predicted octanol–water partition coefficient (Wildman–Crippen LogP) is 4.20. The van der Waals surface area contributed by atoms with Crippen LogP contribution >= 0.6 is 0 Å². The molecule has 0 saturated heterocycles. The molecular weight excluding hydrogens is 454 g/mol. The van der Waals surface area contributed by atoms with Crippen LogP contribution in [0.5, 0.6) is 5.75 Å². The third kappa shape index (κ3) is 4.93. The number of esters is 1. The molecule has 3 aromatic rings. The summed E-state index contributed by atoms with van der Waals surface area (Å²) in [4.78, 5) is 25.7. The average molecular weight is 484 g/mol. The van der Waals surface area contributed by atoms with E-state index in [4.69, 9.17) is 9.15 Å². The molecule has 0 bridgehead atoms. The van der Waals surface area contributed by atoms with Crippen molar-refractivity contribution < 1.29 is 22.4 Å².